The fourth-order valence-corrected chi connectivity index (χ4v) is 2.43. The highest BCUT2D eigenvalue weighted by Gasteiger charge is 2.19. The molecule has 0 aromatic heterocycles. The Hall–Kier alpha value is -0.570. The van der Waals surface area contributed by atoms with Gasteiger partial charge in [0.05, 0.1) is 6.54 Å². The lowest BCUT2D eigenvalue weighted by Crippen LogP contribution is -2.42. The highest BCUT2D eigenvalue weighted by atomic mass is 16.1. The van der Waals surface area contributed by atoms with Crippen LogP contribution in [0.15, 0.2) is 0 Å². The zero-order valence-corrected chi connectivity index (χ0v) is 11.6. The molecule has 0 aromatic rings. The van der Waals surface area contributed by atoms with Gasteiger partial charge in [-0.1, -0.05) is 33.1 Å². The Balaban J connectivity index is 2.13. The Morgan fingerprint density at radius 2 is 1.82 bits per heavy atom. The monoisotopic (exact) mass is 240 g/mol. The van der Waals surface area contributed by atoms with E-state index in [4.69, 9.17) is 0 Å². The van der Waals surface area contributed by atoms with Gasteiger partial charge in [0.25, 0.3) is 0 Å². The van der Waals surface area contributed by atoms with E-state index in [1.54, 1.807) is 0 Å². The molecule has 1 saturated carbocycles. The summed E-state index contributed by atoms with van der Waals surface area (Å²) in [6.45, 7) is 7.67. The minimum atomic E-state index is 0.126. The van der Waals surface area contributed by atoms with Gasteiger partial charge in [0.1, 0.15) is 0 Å². The van der Waals surface area contributed by atoms with Crippen LogP contribution in [-0.2, 0) is 4.79 Å². The number of carbonyl (C=O) groups excluding carboxylic acids is 1. The molecule has 0 saturated heterocycles. The van der Waals surface area contributed by atoms with E-state index >= 15 is 0 Å². The van der Waals surface area contributed by atoms with E-state index in [2.05, 4.69) is 31.4 Å². The van der Waals surface area contributed by atoms with E-state index < -0.39 is 0 Å². The lowest BCUT2D eigenvalue weighted by atomic mass is 9.84. The number of amides is 1. The fourth-order valence-electron chi connectivity index (χ4n) is 2.43. The van der Waals surface area contributed by atoms with Crippen molar-refractivity contribution in [3.8, 4) is 0 Å². The molecule has 1 fully saturated rings. The van der Waals surface area contributed by atoms with Crippen molar-refractivity contribution < 1.29 is 4.79 Å². The van der Waals surface area contributed by atoms with Crippen molar-refractivity contribution in [2.45, 2.75) is 58.9 Å². The summed E-state index contributed by atoms with van der Waals surface area (Å²) < 4.78 is 0. The van der Waals surface area contributed by atoms with Crippen molar-refractivity contribution in [2.24, 2.45) is 11.8 Å². The maximum atomic E-state index is 11.6. The Labute approximate surface area is 106 Å². The summed E-state index contributed by atoms with van der Waals surface area (Å²) >= 11 is 0. The summed E-state index contributed by atoms with van der Waals surface area (Å²) in [7, 11) is 0. The molecule has 2 N–H and O–H groups in total. The van der Waals surface area contributed by atoms with E-state index in [0.29, 0.717) is 18.5 Å². The van der Waals surface area contributed by atoms with Gasteiger partial charge in [-0.15, -0.1) is 0 Å². The van der Waals surface area contributed by atoms with Gasteiger partial charge in [0.15, 0.2) is 0 Å². The van der Waals surface area contributed by atoms with Crippen LogP contribution in [0.25, 0.3) is 0 Å². The lowest BCUT2D eigenvalue weighted by Gasteiger charge is -2.28. The SMILES string of the molecule is CC(C)CNC(=O)CN[C@@H](C)C1CCCCC1. The van der Waals surface area contributed by atoms with Gasteiger partial charge in [-0.2, -0.15) is 0 Å². The summed E-state index contributed by atoms with van der Waals surface area (Å²) in [6, 6.07) is 0.472. The highest BCUT2D eigenvalue weighted by Crippen LogP contribution is 2.26. The number of hydrogen-bond acceptors (Lipinski definition) is 2. The summed E-state index contributed by atoms with van der Waals surface area (Å²) in [5.41, 5.74) is 0. The predicted molar refractivity (Wildman–Crippen MR) is 71.9 cm³/mol. The molecular weight excluding hydrogens is 212 g/mol. The van der Waals surface area contributed by atoms with Crippen molar-refractivity contribution in [1.82, 2.24) is 10.6 Å². The van der Waals surface area contributed by atoms with Crippen molar-refractivity contribution in [3.63, 3.8) is 0 Å². The standard InChI is InChI=1S/C14H28N2O/c1-11(2)9-16-14(17)10-15-12(3)13-7-5-4-6-8-13/h11-13,15H,4-10H2,1-3H3,(H,16,17)/t12-/m0/s1. The Morgan fingerprint density at radius 1 is 1.18 bits per heavy atom. The van der Waals surface area contributed by atoms with Gasteiger partial charge in [0, 0.05) is 12.6 Å². The average Bonchev–Trinajstić information content (AvgIpc) is 2.34. The molecule has 1 aliphatic carbocycles. The van der Waals surface area contributed by atoms with Crippen LogP contribution in [0.3, 0.4) is 0 Å². The van der Waals surface area contributed by atoms with E-state index in [9.17, 15) is 4.79 Å². The molecule has 1 aliphatic rings. The van der Waals surface area contributed by atoms with E-state index in [0.717, 1.165) is 12.5 Å². The first-order chi connectivity index (χ1) is 8.09. The van der Waals surface area contributed by atoms with Gasteiger partial charge in [-0.3, -0.25) is 4.79 Å². The summed E-state index contributed by atoms with van der Waals surface area (Å²) in [5.74, 6) is 1.41. The number of hydrogen-bond donors (Lipinski definition) is 2. The molecule has 100 valence electrons. The lowest BCUT2D eigenvalue weighted by molar-refractivity contribution is -0.120. The zero-order valence-electron chi connectivity index (χ0n) is 11.6. The van der Waals surface area contributed by atoms with Crippen LogP contribution >= 0.6 is 0 Å². The zero-order chi connectivity index (χ0) is 12.7. The van der Waals surface area contributed by atoms with Crippen molar-refractivity contribution >= 4 is 5.91 Å². The van der Waals surface area contributed by atoms with Crippen molar-refractivity contribution in [3.05, 3.63) is 0 Å². The quantitative estimate of drug-likeness (QED) is 0.748. The average molecular weight is 240 g/mol. The van der Waals surface area contributed by atoms with Crippen molar-refractivity contribution in [2.75, 3.05) is 13.1 Å². The molecule has 1 atom stereocenters. The third-order valence-electron chi connectivity index (χ3n) is 3.65. The minimum absolute atomic E-state index is 0.126. The predicted octanol–water partition coefficient (Wildman–Crippen LogP) is 2.32. The minimum Gasteiger partial charge on any atom is -0.355 e. The molecule has 0 spiro atoms. The molecule has 0 radical (unpaired) electrons. The van der Waals surface area contributed by atoms with Crippen molar-refractivity contribution in [1.29, 1.82) is 0 Å². The van der Waals surface area contributed by atoms with Gasteiger partial charge < -0.3 is 10.6 Å². The summed E-state index contributed by atoms with van der Waals surface area (Å²) in [5, 5.41) is 6.30. The van der Waals surface area contributed by atoms with Crippen LogP contribution in [0.4, 0.5) is 0 Å². The Morgan fingerprint density at radius 3 is 2.41 bits per heavy atom. The number of nitrogens with one attached hydrogen (secondary N) is 2. The first-order valence-electron chi connectivity index (χ1n) is 7.09. The van der Waals surface area contributed by atoms with Gasteiger partial charge >= 0.3 is 0 Å². The maximum Gasteiger partial charge on any atom is 0.233 e. The third kappa shape index (κ3) is 6.06. The first kappa shape index (κ1) is 14.5. The summed E-state index contributed by atoms with van der Waals surface area (Å²) in [6.07, 6.45) is 6.74. The molecule has 3 heteroatoms. The third-order valence-corrected chi connectivity index (χ3v) is 3.65. The van der Waals surface area contributed by atoms with Crippen LogP contribution in [0.1, 0.15) is 52.9 Å². The van der Waals surface area contributed by atoms with Gasteiger partial charge in [0.2, 0.25) is 5.91 Å². The molecule has 0 unspecified atom stereocenters. The Kier molecular flexibility index (Phi) is 6.56. The molecule has 0 bridgehead atoms. The molecular formula is C14H28N2O. The Bertz CT molecular complexity index is 222. The first-order valence-corrected chi connectivity index (χ1v) is 7.09. The topological polar surface area (TPSA) is 41.1 Å². The summed E-state index contributed by atoms with van der Waals surface area (Å²) in [4.78, 5) is 11.6. The largest absolute Gasteiger partial charge is 0.355 e. The van der Waals surface area contributed by atoms with Gasteiger partial charge in [-0.05, 0) is 31.6 Å². The molecule has 0 aromatic carbocycles. The van der Waals surface area contributed by atoms with E-state index in [-0.39, 0.29) is 5.91 Å². The molecule has 0 aliphatic heterocycles. The van der Waals surface area contributed by atoms with Crippen LogP contribution < -0.4 is 10.6 Å². The molecule has 1 rings (SSSR count). The normalized spacial score (nSPS) is 19.3. The van der Waals surface area contributed by atoms with Crippen LogP contribution in [0, 0.1) is 11.8 Å². The molecule has 1 amide bonds. The second-order valence-electron chi connectivity index (χ2n) is 5.77. The molecule has 3 nitrogen and oxygen atoms in total. The van der Waals surface area contributed by atoms with E-state index in [1.165, 1.54) is 32.1 Å². The van der Waals surface area contributed by atoms with Crippen LogP contribution in [0.2, 0.25) is 0 Å². The van der Waals surface area contributed by atoms with Crippen LogP contribution in [-0.4, -0.2) is 25.0 Å². The second kappa shape index (κ2) is 7.70. The second-order valence-corrected chi connectivity index (χ2v) is 5.77. The fraction of sp³-hybridized carbons (Fsp3) is 0.929. The maximum absolute atomic E-state index is 11.6. The molecule has 0 heterocycles. The van der Waals surface area contributed by atoms with Crippen LogP contribution in [0.5, 0.6) is 0 Å². The number of carbonyl (C=O) groups is 1. The van der Waals surface area contributed by atoms with E-state index in [1.807, 2.05) is 0 Å². The number of rotatable bonds is 6. The highest BCUT2D eigenvalue weighted by molar-refractivity contribution is 5.77. The van der Waals surface area contributed by atoms with Gasteiger partial charge in [-0.25, -0.2) is 0 Å². The smallest absolute Gasteiger partial charge is 0.233 e. The molecule has 17 heavy (non-hydrogen) atoms.